The number of aliphatic hydroxyl groups is 1. The van der Waals surface area contributed by atoms with Crippen LogP contribution in [0.1, 0.15) is 39.1 Å². The van der Waals surface area contributed by atoms with Crippen molar-refractivity contribution in [3.8, 4) is 0 Å². The van der Waals surface area contributed by atoms with Crippen molar-refractivity contribution < 1.29 is 14.3 Å². The molecule has 1 aromatic carbocycles. The van der Waals surface area contributed by atoms with Crippen LogP contribution in [0, 0.1) is 20.8 Å². The van der Waals surface area contributed by atoms with E-state index >= 15 is 0 Å². The molecule has 0 aliphatic carbocycles. The third kappa shape index (κ3) is 3.27. The van der Waals surface area contributed by atoms with Crippen LogP contribution in [0.3, 0.4) is 0 Å². The van der Waals surface area contributed by atoms with Crippen molar-refractivity contribution in [1.82, 2.24) is 5.32 Å². The predicted octanol–water partition coefficient (Wildman–Crippen LogP) is 2.67. The quantitative estimate of drug-likeness (QED) is 0.900. The fourth-order valence-corrected chi connectivity index (χ4v) is 2.00. The molecule has 0 aliphatic heterocycles. The van der Waals surface area contributed by atoms with E-state index in [0.717, 1.165) is 16.9 Å². The minimum absolute atomic E-state index is 0.124. The summed E-state index contributed by atoms with van der Waals surface area (Å²) >= 11 is 0. The minimum Gasteiger partial charge on any atom is -0.464 e. The summed E-state index contributed by atoms with van der Waals surface area (Å²) in [6.07, 6.45) is -0.835. The Kier molecular flexibility index (Phi) is 4.25. The van der Waals surface area contributed by atoms with E-state index < -0.39 is 6.10 Å². The second kappa shape index (κ2) is 5.92. The average molecular weight is 273 g/mol. The first-order valence-corrected chi connectivity index (χ1v) is 6.57. The van der Waals surface area contributed by atoms with Crippen molar-refractivity contribution in [3.05, 3.63) is 58.5 Å². The molecule has 2 rings (SSSR count). The molecule has 0 radical (unpaired) electrons. The van der Waals surface area contributed by atoms with Gasteiger partial charge in [0.15, 0.2) is 0 Å². The van der Waals surface area contributed by atoms with E-state index in [-0.39, 0.29) is 12.5 Å². The Balaban J connectivity index is 2.00. The number of hydrogen-bond donors (Lipinski definition) is 2. The maximum absolute atomic E-state index is 12.1. The zero-order valence-corrected chi connectivity index (χ0v) is 11.9. The lowest BCUT2D eigenvalue weighted by Crippen LogP contribution is -2.28. The van der Waals surface area contributed by atoms with Crippen molar-refractivity contribution in [2.45, 2.75) is 26.9 Å². The number of furan rings is 1. The van der Waals surface area contributed by atoms with Crippen molar-refractivity contribution in [2.24, 2.45) is 0 Å². The Morgan fingerprint density at radius 3 is 2.65 bits per heavy atom. The maximum atomic E-state index is 12.1. The third-order valence-electron chi connectivity index (χ3n) is 3.18. The summed E-state index contributed by atoms with van der Waals surface area (Å²) < 4.78 is 5.32. The number of benzene rings is 1. The minimum atomic E-state index is -0.835. The standard InChI is InChI=1S/C16H19NO3/c1-10-4-5-11(2)13(8-10)16(19)17-9-14(18)15-7-6-12(3)20-15/h4-8,14,18H,9H2,1-3H3,(H,17,19)/t14-/m1/s1. The Morgan fingerprint density at radius 1 is 1.25 bits per heavy atom. The van der Waals surface area contributed by atoms with Crippen molar-refractivity contribution in [2.75, 3.05) is 6.54 Å². The number of hydrogen-bond acceptors (Lipinski definition) is 3. The second-order valence-corrected chi connectivity index (χ2v) is 4.99. The Morgan fingerprint density at radius 2 is 2.00 bits per heavy atom. The second-order valence-electron chi connectivity index (χ2n) is 4.99. The van der Waals surface area contributed by atoms with Crippen molar-refractivity contribution >= 4 is 5.91 Å². The molecule has 1 amide bonds. The molecule has 4 nitrogen and oxygen atoms in total. The van der Waals surface area contributed by atoms with Gasteiger partial charge in [-0.1, -0.05) is 17.7 Å². The van der Waals surface area contributed by atoms with E-state index in [0.29, 0.717) is 11.3 Å². The van der Waals surface area contributed by atoms with Crippen LogP contribution in [0.4, 0.5) is 0 Å². The molecule has 0 unspecified atom stereocenters. The lowest BCUT2D eigenvalue weighted by molar-refractivity contribution is 0.0899. The highest BCUT2D eigenvalue weighted by molar-refractivity contribution is 5.95. The molecule has 0 aliphatic rings. The highest BCUT2D eigenvalue weighted by Crippen LogP contribution is 2.16. The van der Waals surface area contributed by atoms with Gasteiger partial charge >= 0.3 is 0 Å². The van der Waals surface area contributed by atoms with Gasteiger partial charge in [-0.2, -0.15) is 0 Å². The van der Waals surface area contributed by atoms with Gasteiger partial charge in [-0.05, 0) is 44.5 Å². The van der Waals surface area contributed by atoms with Gasteiger partial charge in [-0.15, -0.1) is 0 Å². The van der Waals surface area contributed by atoms with Crippen LogP contribution in [-0.4, -0.2) is 17.6 Å². The smallest absolute Gasteiger partial charge is 0.251 e. The van der Waals surface area contributed by atoms with Gasteiger partial charge in [0.2, 0.25) is 0 Å². The molecular weight excluding hydrogens is 254 g/mol. The van der Waals surface area contributed by atoms with Gasteiger partial charge in [0.05, 0.1) is 6.54 Å². The average Bonchev–Trinajstić information content (AvgIpc) is 2.85. The first-order valence-electron chi connectivity index (χ1n) is 6.57. The molecular formula is C16H19NO3. The lowest BCUT2D eigenvalue weighted by atomic mass is 10.1. The number of nitrogens with one attached hydrogen (secondary N) is 1. The van der Waals surface area contributed by atoms with Crippen molar-refractivity contribution in [1.29, 1.82) is 0 Å². The molecule has 1 atom stereocenters. The monoisotopic (exact) mass is 273 g/mol. The Bertz CT molecular complexity index is 616. The van der Waals surface area contributed by atoms with Crippen LogP contribution in [0.15, 0.2) is 34.7 Å². The number of aryl methyl sites for hydroxylation is 3. The van der Waals surface area contributed by atoms with E-state index in [2.05, 4.69) is 5.32 Å². The number of aliphatic hydroxyl groups excluding tert-OH is 1. The summed E-state index contributed by atoms with van der Waals surface area (Å²) in [5, 5.41) is 12.7. The molecule has 0 saturated carbocycles. The summed E-state index contributed by atoms with van der Waals surface area (Å²) in [5.41, 5.74) is 2.58. The molecule has 0 saturated heterocycles. The van der Waals surface area contributed by atoms with E-state index in [9.17, 15) is 9.90 Å². The lowest BCUT2D eigenvalue weighted by Gasteiger charge is -2.11. The Hall–Kier alpha value is -2.07. The molecule has 0 bridgehead atoms. The number of carbonyl (C=O) groups excluding carboxylic acids is 1. The largest absolute Gasteiger partial charge is 0.464 e. The molecule has 0 fully saturated rings. The highest BCUT2D eigenvalue weighted by atomic mass is 16.4. The predicted molar refractivity (Wildman–Crippen MR) is 76.7 cm³/mol. The molecule has 1 aromatic heterocycles. The third-order valence-corrected chi connectivity index (χ3v) is 3.18. The zero-order valence-electron chi connectivity index (χ0n) is 11.9. The summed E-state index contributed by atoms with van der Waals surface area (Å²) in [6, 6.07) is 9.21. The number of rotatable bonds is 4. The molecule has 2 N–H and O–H groups in total. The van der Waals surface area contributed by atoms with Gasteiger partial charge in [0.25, 0.3) is 5.91 Å². The van der Waals surface area contributed by atoms with Gasteiger partial charge in [0, 0.05) is 5.56 Å². The molecule has 20 heavy (non-hydrogen) atoms. The van der Waals surface area contributed by atoms with Gasteiger partial charge in [-0.25, -0.2) is 0 Å². The van der Waals surface area contributed by atoms with Crippen LogP contribution >= 0.6 is 0 Å². The van der Waals surface area contributed by atoms with Gasteiger partial charge in [-0.3, -0.25) is 4.79 Å². The number of carbonyl (C=O) groups is 1. The topological polar surface area (TPSA) is 62.5 Å². The van der Waals surface area contributed by atoms with Gasteiger partial charge < -0.3 is 14.8 Å². The van der Waals surface area contributed by atoms with E-state index in [4.69, 9.17) is 4.42 Å². The van der Waals surface area contributed by atoms with Crippen LogP contribution in [-0.2, 0) is 0 Å². The summed E-state index contributed by atoms with van der Waals surface area (Å²) in [7, 11) is 0. The fraction of sp³-hybridized carbons (Fsp3) is 0.312. The molecule has 0 spiro atoms. The number of amides is 1. The molecule has 1 heterocycles. The maximum Gasteiger partial charge on any atom is 0.251 e. The molecule has 106 valence electrons. The molecule has 4 heteroatoms. The highest BCUT2D eigenvalue weighted by Gasteiger charge is 2.14. The van der Waals surface area contributed by atoms with Crippen LogP contribution in [0.25, 0.3) is 0 Å². The summed E-state index contributed by atoms with van der Waals surface area (Å²) in [6.45, 7) is 5.77. The van der Waals surface area contributed by atoms with Crippen LogP contribution in [0.2, 0.25) is 0 Å². The van der Waals surface area contributed by atoms with Gasteiger partial charge in [0.1, 0.15) is 17.6 Å². The van der Waals surface area contributed by atoms with E-state index in [1.807, 2.05) is 39.0 Å². The van der Waals surface area contributed by atoms with Crippen LogP contribution < -0.4 is 5.32 Å². The van der Waals surface area contributed by atoms with E-state index in [1.165, 1.54) is 0 Å². The SMILES string of the molecule is Cc1ccc(C)c(C(=O)NC[C@@H](O)c2ccc(C)o2)c1. The van der Waals surface area contributed by atoms with E-state index in [1.54, 1.807) is 12.1 Å². The normalized spacial score (nSPS) is 12.2. The Labute approximate surface area is 118 Å². The first-order chi connectivity index (χ1) is 9.47. The fourth-order valence-electron chi connectivity index (χ4n) is 2.00. The zero-order chi connectivity index (χ0) is 14.7. The van der Waals surface area contributed by atoms with Crippen LogP contribution in [0.5, 0.6) is 0 Å². The molecule has 2 aromatic rings. The summed E-state index contributed by atoms with van der Waals surface area (Å²) in [5.74, 6) is 1.01. The first kappa shape index (κ1) is 14.3. The van der Waals surface area contributed by atoms with Crippen molar-refractivity contribution in [3.63, 3.8) is 0 Å². The summed E-state index contributed by atoms with van der Waals surface area (Å²) in [4.78, 5) is 12.1.